The molecule has 0 saturated heterocycles. The van der Waals surface area contributed by atoms with Crippen LogP contribution in [0.1, 0.15) is 12.5 Å². The van der Waals surface area contributed by atoms with Crippen molar-refractivity contribution in [2.75, 3.05) is 6.61 Å². The van der Waals surface area contributed by atoms with Crippen LogP contribution < -0.4 is 4.74 Å². The molecule has 0 bridgehead atoms. The second kappa shape index (κ2) is 7.73. The van der Waals surface area contributed by atoms with Crippen LogP contribution >= 0.6 is 23.4 Å². The van der Waals surface area contributed by atoms with Gasteiger partial charge < -0.3 is 9.30 Å². The molecule has 0 aliphatic heterocycles. The highest BCUT2D eigenvalue weighted by Gasteiger charge is 2.14. The number of hydrogen-bond acceptors (Lipinski definition) is 4. The van der Waals surface area contributed by atoms with Gasteiger partial charge in [-0.25, -0.2) is 0 Å². The molecule has 0 unspecified atom stereocenters. The van der Waals surface area contributed by atoms with Crippen molar-refractivity contribution >= 4 is 23.4 Å². The van der Waals surface area contributed by atoms with E-state index in [0.29, 0.717) is 11.6 Å². The highest BCUT2D eigenvalue weighted by molar-refractivity contribution is 7.98. The molecular formula is C18H18ClN3OS. The molecule has 3 rings (SSSR count). The van der Waals surface area contributed by atoms with Gasteiger partial charge in [-0.2, -0.15) is 0 Å². The summed E-state index contributed by atoms with van der Waals surface area (Å²) in [4.78, 5) is 0. The van der Waals surface area contributed by atoms with Crippen LogP contribution in [0.2, 0.25) is 5.02 Å². The van der Waals surface area contributed by atoms with Gasteiger partial charge in [0.1, 0.15) is 5.75 Å². The number of thioether (sulfide) groups is 1. The van der Waals surface area contributed by atoms with E-state index in [2.05, 4.69) is 16.3 Å². The largest absolute Gasteiger partial charge is 0.494 e. The predicted octanol–water partition coefficient (Wildman–Crippen LogP) is 4.83. The summed E-state index contributed by atoms with van der Waals surface area (Å²) in [5.74, 6) is 2.45. The number of para-hydroxylation sites is 1. The molecule has 0 fully saturated rings. The maximum atomic E-state index is 6.26. The average molecular weight is 360 g/mol. The molecule has 1 heterocycles. The summed E-state index contributed by atoms with van der Waals surface area (Å²) in [5.41, 5.74) is 2.03. The molecule has 24 heavy (non-hydrogen) atoms. The zero-order valence-electron chi connectivity index (χ0n) is 13.6. The first-order valence-corrected chi connectivity index (χ1v) is 9.05. The van der Waals surface area contributed by atoms with Gasteiger partial charge >= 0.3 is 0 Å². The van der Waals surface area contributed by atoms with E-state index >= 15 is 0 Å². The van der Waals surface area contributed by atoms with Crippen molar-refractivity contribution in [2.24, 2.45) is 7.05 Å². The van der Waals surface area contributed by atoms with Gasteiger partial charge in [0.05, 0.1) is 11.6 Å². The van der Waals surface area contributed by atoms with Crippen LogP contribution in [0, 0.1) is 0 Å². The Morgan fingerprint density at radius 1 is 1.08 bits per heavy atom. The minimum atomic E-state index is 0.655. The molecular weight excluding hydrogens is 342 g/mol. The van der Waals surface area contributed by atoms with Gasteiger partial charge in [0, 0.05) is 23.9 Å². The fourth-order valence-electron chi connectivity index (χ4n) is 2.38. The monoisotopic (exact) mass is 359 g/mol. The molecule has 0 N–H and O–H groups in total. The Morgan fingerprint density at radius 2 is 1.83 bits per heavy atom. The Morgan fingerprint density at radius 3 is 2.62 bits per heavy atom. The Hall–Kier alpha value is -1.98. The van der Waals surface area contributed by atoms with Gasteiger partial charge in [0.2, 0.25) is 0 Å². The Labute approximate surface area is 150 Å². The lowest BCUT2D eigenvalue weighted by Gasteiger charge is -2.09. The van der Waals surface area contributed by atoms with Crippen molar-refractivity contribution < 1.29 is 4.74 Å². The predicted molar refractivity (Wildman–Crippen MR) is 98.6 cm³/mol. The van der Waals surface area contributed by atoms with Crippen LogP contribution in [0.4, 0.5) is 0 Å². The maximum Gasteiger partial charge on any atom is 0.191 e. The summed E-state index contributed by atoms with van der Waals surface area (Å²) < 4.78 is 7.64. The molecule has 0 radical (unpaired) electrons. The average Bonchev–Trinajstić information content (AvgIpc) is 2.95. The normalized spacial score (nSPS) is 10.8. The lowest BCUT2D eigenvalue weighted by molar-refractivity contribution is 0.337. The van der Waals surface area contributed by atoms with Crippen molar-refractivity contribution in [3.05, 3.63) is 59.1 Å². The van der Waals surface area contributed by atoms with Gasteiger partial charge in [0.25, 0.3) is 0 Å². The van der Waals surface area contributed by atoms with Gasteiger partial charge in [-0.15, -0.1) is 10.2 Å². The quantitative estimate of drug-likeness (QED) is 0.591. The summed E-state index contributed by atoms with van der Waals surface area (Å²) in [6, 6.07) is 15.7. The van der Waals surface area contributed by atoms with Crippen molar-refractivity contribution in [3.8, 4) is 17.1 Å². The van der Waals surface area contributed by atoms with E-state index in [-0.39, 0.29) is 0 Å². The Bertz CT molecular complexity index is 835. The first-order chi connectivity index (χ1) is 11.7. The topological polar surface area (TPSA) is 39.9 Å². The SMILES string of the molecule is CCOc1ccccc1CSc1nnc(-c2ccccc2Cl)n1C. The van der Waals surface area contributed by atoms with Gasteiger partial charge in [-0.05, 0) is 25.1 Å². The second-order valence-corrected chi connectivity index (χ2v) is 6.52. The van der Waals surface area contributed by atoms with Crippen molar-refractivity contribution in [1.82, 2.24) is 14.8 Å². The number of nitrogens with zero attached hydrogens (tertiary/aromatic N) is 3. The van der Waals surface area contributed by atoms with E-state index in [0.717, 1.165) is 33.6 Å². The zero-order chi connectivity index (χ0) is 16.9. The third kappa shape index (κ3) is 3.57. The van der Waals surface area contributed by atoms with Crippen LogP contribution in [-0.4, -0.2) is 21.4 Å². The number of hydrogen-bond donors (Lipinski definition) is 0. The second-order valence-electron chi connectivity index (χ2n) is 5.17. The lowest BCUT2D eigenvalue weighted by atomic mass is 10.2. The Kier molecular flexibility index (Phi) is 5.43. The molecule has 6 heteroatoms. The van der Waals surface area contributed by atoms with E-state index in [1.165, 1.54) is 0 Å². The highest BCUT2D eigenvalue weighted by Crippen LogP contribution is 2.31. The molecule has 2 aromatic carbocycles. The number of halogens is 1. The first-order valence-electron chi connectivity index (χ1n) is 7.68. The molecule has 1 aromatic heterocycles. The summed E-state index contributed by atoms with van der Waals surface area (Å²) in [6.07, 6.45) is 0. The van der Waals surface area contributed by atoms with Crippen LogP contribution in [0.5, 0.6) is 5.75 Å². The number of rotatable bonds is 6. The lowest BCUT2D eigenvalue weighted by Crippen LogP contribution is -1.97. The van der Waals surface area contributed by atoms with E-state index in [4.69, 9.17) is 16.3 Å². The summed E-state index contributed by atoms with van der Waals surface area (Å²) in [5, 5.41) is 10.1. The molecule has 0 aliphatic carbocycles. The van der Waals surface area contributed by atoms with Crippen molar-refractivity contribution in [3.63, 3.8) is 0 Å². The maximum absolute atomic E-state index is 6.26. The fraction of sp³-hybridized carbons (Fsp3) is 0.222. The third-order valence-electron chi connectivity index (χ3n) is 3.58. The third-order valence-corrected chi connectivity index (χ3v) is 4.98. The van der Waals surface area contributed by atoms with Crippen LogP contribution in [0.15, 0.2) is 53.7 Å². The molecule has 0 atom stereocenters. The molecule has 124 valence electrons. The van der Waals surface area contributed by atoms with Crippen molar-refractivity contribution in [1.29, 1.82) is 0 Å². The molecule has 0 aliphatic rings. The minimum Gasteiger partial charge on any atom is -0.494 e. The molecule has 4 nitrogen and oxygen atoms in total. The summed E-state index contributed by atoms with van der Waals surface area (Å²) in [7, 11) is 1.95. The summed E-state index contributed by atoms with van der Waals surface area (Å²) >= 11 is 7.89. The van der Waals surface area contributed by atoms with E-state index in [1.807, 2.05) is 61.0 Å². The van der Waals surface area contributed by atoms with Gasteiger partial charge in [0.15, 0.2) is 11.0 Å². The van der Waals surface area contributed by atoms with Crippen LogP contribution in [-0.2, 0) is 12.8 Å². The molecule has 3 aromatic rings. The minimum absolute atomic E-state index is 0.655. The van der Waals surface area contributed by atoms with E-state index in [1.54, 1.807) is 11.8 Å². The molecule has 0 spiro atoms. The summed E-state index contributed by atoms with van der Waals surface area (Å²) in [6.45, 7) is 2.64. The number of benzene rings is 2. The zero-order valence-corrected chi connectivity index (χ0v) is 15.1. The van der Waals surface area contributed by atoms with Crippen LogP contribution in [0.3, 0.4) is 0 Å². The first kappa shape index (κ1) is 16.9. The smallest absolute Gasteiger partial charge is 0.191 e. The number of aromatic nitrogens is 3. The van der Waals surface area contributed by atoms with Gasteiger partial charge in [-0.3, -0.25) is 0 Å². The molecule has 0 amide bonds. The van der Waals surface area contributed by atoms with Gasteiger partial charge in [-0.1, -0.05) is 53.7 Å². The van der Waals surface area contributed by atoms with Crippen molar-refractivity contribution in [2.45, 2.75) is 17.8 Å². The van der Waals surface area contributed by atoms with E-state index in [9.17, 15) is 0 Å². The van der Waals surface area contributed by atoms with Crippen LogP contribution in [0.25, 0.3) is 11.4 Å². The van der Waals surface area contributed by atoms with E-state index < -0.39 is 0 Å². The standard InChI is InChI=1S/C18H18ClN3OS/c1-3-23-16-11-7-4-8-13(16)12-24-18-21-20-17(22(18)2)14-9-5-6-10-15(14)19/h4-11H,3,12H2,1-2H3. The fourth-order valence-corrected chi connectivity index (χ4v) is 3.50. The number of ether oxygens (including phenoxy) is 1. The highest BCUT2D eigenvalue weighted by atomic mass is 35.5. The Balaban J connectivity index is 1.79. The molecule has 0 saturated carbocycles.